The molecule has 0 atom stereocenters. The van der Waals surface area contributed by atoms with Gasteiger partial charge in [0.05, 0.1) is 19.1 Å². The van der Waals surface area contributed by atoms with E-state index in [1.54, 1.807) is 43.8 Å². The van der Waals surface area contributed by atoms with Gasteiger partial charge < -0.3 is 10.1 Å². The molecule has 3 rings (SSSR count). The van der Waals surface area contributed by atoms with Crippen LogP contribution in [-0.2, 0) is 11.3 Å². The Kier molecular flexibility index (Phi) is 4.84. The van der Waals surface area contributed by atoms with Crippen molar-refractivity contribution in [3.05, 3.63) is 71.5 Å². The Morgan fingerprint density at radius 3 is 2.52 bits per heavy atom. The zero-order valence-electron chi connectivity index (χ0n) is 13.5. The van der Waals surface area contributed by atoms with Crippen molar-refractivity contribution >= 4 is 11.6 Å². The van der Waals surface area contributed by atoms with E-state index in [0.29, 0.717) is 11.4 Å². The molecular formula is C18H16N4O3. The molecule has 25 heavy (non-hydrogen) atoms. The highest BCUT2D eigenvalue weighted by molar-refractivity contribution is 5.90. The fraction of sp³-hybridized carbons (Fsp3) is 0.111. The number of amides is 1. The summed E-state index contributed by atoms with van der Waals surface area (Å²) in [6, 6.07) is 12.0. The molecule has 0 aliphatic carbocycles. The first kappa shape index (κ1) is 16.4. The molecule has 7 heteroatoms. The monoisotopic (exact) mass is 336 g/mol. The Balaban J connectivity index is 1.73. The van der Waals surface area contributed by atoms with Gasteiger partial charge >= 0.3 is 0 Å². The third-order valence-corrected chi connectivity index (χ3v) is 3.54. The van der Waals surface area contributed by atoms with E-state index in [9.17, 15) is 9.59 Å². The largest absolute Gasteiger partial charge is 0.497 e. The Morgan fingerprint density at radius 1 is 1.16 bits per heavy atom. The van der Waals surface area contributed by atoms with Crippen LogP contribution >= 0.6 is 0 Å². The molecular weight excluding hydrogens is 320 g/mol. The number of pyridine rings is 1. The lowest BCUT2D eigenvalue weighted by molar-refractivity contribution is -0.116. The van der Waals surface area contributed by atoms with Crippen LogP contribution < -0.4 is 15.6 Å². The van der Waals surface area contributed by atoms with Crippen molar-refractivity contribution in [1.29, 1.82) is 0 Å². The molecule has 1 aromatic carbocycles. The molecule has 3 aromatic rings. The fourth-order valence-electron chi connectivity index (χ4n) is 2.25. The Labute approximate surface area is 143 Å². The van der Waals surface area contributed by atoms with E-state index < -0.39 is 0 Å². The third kappa shape index (κ3) is 4.08. The molecule has 126 valence electrons. The molecule has 0 aliphatic rings. The minimum atomic E-state index is -0.313. The van der Waals surface area contributed by atoms with Gasteiger partial charge in [0.15, 0.2) is 0 Å². The average Bonchev–Trinajstić information content (AvgIpc) is 2.64. The lowest BCUT2D eigenvalue weighted by Gasteiger charge is -2.08. The van der Waals surface area contributed by atoms with Crippen molar-refractivity contribution in [1.82, 2.24) is 14.5 Å². The Morgan fingerprint density at radius 2 is 1.88 bits per heavy atom. The predicted molar refractivity (Wildman–Crippen MR) is 93.4 cm³/mol. The summed E-state index contributed by atoms with van der Waals surface area (Å²) >= 11 is 0. The number of benzene rings is 1. The molecule has 2 heterocycles. The molecule has 0 saturated heterocycles. The van der Waals surface area contributed by atoms with Gasteiger partial charge in [-0.1, -0.05) is 0 Å². The summed E-state index contributed by atoms with van der Waals surface area (Å²) in [5.41, 5.74) is 1.66. The second-order valence-electron chi connectivity index (χ2n) is 5.25. The van der Waals surface area contributed by atoms with Gasteiger partial charge in [0.1, 0.15) is 12.3 Å². The van der Waals surface area contributed by atoms with Crippen molar-refractivity contribution in [3.63, 3.8) is 0 Å². The highest BCUT2D eigenvalue weighted by Crippen LogP contribution is 2.19. The van der Waals surface area contributed by atoms with Gasteiger partial charge in [-0.05, 0) is 36.4 Å². The van der Waals surface area contributed by atoms with E-state index in [4.69, 9.17) is 4.74 Å². The number of rotatable bonds is 5. The summed E-state index contributed by atoms with van der Waals surface area (Å²) in [5.74, 6) is 0.414. The molecule has 7 nitrogen and oxygen atoms in total. The van der Waals surface area contributed by atoms with Gasteiger partial charge in [0.2, 0.25) is 5.91 Å². The molecule has 0 bridgehead atoms. The van der Waals surface area contributed by atoms with Crippen LogP contribution in [0.3, 0.4) is 0 Å². The number of nitrogens with one attached hydrogen (secondary N) is 1. The fourth-order valence-corrected chi connectivity index (χ4v) is 2.25. The maximum Gasteiger partial charge on any atom is 0.254 e. The number of hydrogen-bond acceptors (Lipinski definition) is 5. The Bertz CT molecular complexity index is 921. The van der Waals surface area contributed by atoms with Gasteiger partial charge in [-0.15, -0.1) is 0 Å². The number of nitrogens with zero attached hydrogens (tertiary/aromatic N) is 3. The standard InChI is InChI=1S/C18H16N4O3/c1-25-15-4-2-13(3-5-15)16-10-18(24)22(12-20-16)11-17(23)21-14-6-8-19-9-7-14/h2-10,12H,11H2,1H3,(H,19,21,23). The average molecular weight is 336 g/mol. The summed E-state index contributed by atoms with van der Waals surface area (Å²) in [7, 11) is 1.59. The smallest absolute Gasteiger partial charge is 0.254 e. The van der Waals surface area contributed by atoms with Crippen molar-refractivity contribution in [3.8, 4) is 17.0 Å². The molecule has 0 saturated carbocycles. The zero-order chi connectivity index (χ0) is 17.6. The lowest BCUT2D eigenvalue weighted by Crippen LogP contribution is -2.27. The summed E-state index contributed by atoms with van der Waals surface area (Å²) in [4.78, 5) is 32.4. The van der Waals surface area contributed by atoms with Crippen LogP contribution in [-0.4, -0.2) is 27.6 Å². The van der Waals surface area contributed by atoms with E-state index in [1.165, 1.54) is 17.0 Å². The van der Waals surface area contributed by atoms with E-state index in [1.807, 2.05) is 12.1 Å². The summed E-state index contributed by atoms with van der Waals surface area (Å²) in [5, 5.41) is 2.70. The highest BCUT2D eigenvalue weighted by atomic mass is 16.5. The van der Waals surface area contributed by atoms with E-state index in [-0.39, 0.29) is 18.0 Å². The Hall–Kier alpha value is -3.48. The maximum atomic E-state index is 12.2. The first-order valence-electron chi connectivity index (χ1n) is 7.56. The normalized spacial score (nSPS) is 10.3. The molecule has 0 fully saturated rings. The van der Waals surface area contributed by atoms with Crippen LogP contribution in [0.4, 0.5) is 5.69 Å². The second kappa shape index (κ2) is 7.39. The van der Waals surface area contributed by atoms with E-state index in [0.717, 1.165) is 11.3 Å². The second-order valence-corrected chi connectivity index (χ2v) is 5.25. The summed E-state index contributed by atoms with van der Waals surface area (Å²) in [6.07, 6.45) is 4.52. The molecule has 2 aromatic heterocycles. The van der Waals surface area contributed by atoms with Crippen LogP contribution in [0.1, 0.15) is 0 Å². The van der Waals surface area contributed by atoms with Gasteiger partial charge in [-0.25, -0.2) is 4.98 Å². The van der Waals surface area contributed by atoms with Crippen LogP contribution in [0, 0.1) is 0 Å². The number of ether oxygens (including phenoxy) is 1. The van der Waals surface area contributed by atoms with Gasteiger partial charge in [0.25, 0.3) is 5.56 Å². The van der Waals surface area contributed by atoms with Crippen LogP contribution in [0.5, 0.6) is 5.75 Å². The molecule has 0 aliphatic heterocycles. The number of aromatic nitrogens is 3. The number of carbonyl (C=O) groups excluding carboxylic acids is 1. The zero-order valence-corrected chi connectivity index (χ0v) is 13.5. The molecule has 0 spiro atoms. The third-order valence-electron chi connectivity index (χ3n) is 3.54. The van der Waals surface area contributed by atoms with Crippen LogP contribution in [0.15, 0.2) is 66.0 Å². The SMILES string of the molecule is COc1ccc(-c2cc(=O)n(CC(=O)Nc3ccncc3)cn2)cc1. The van der Waals surface area contributed by atoms with Gasteiger partial charge in [-0.2, -0.15) is 0 Å². The predicted octanol–water partition coefficient (Wildman–Crippen LogP) is 1.95. The highest BCUT2D eigenvalue weighted by Gasteiger charge is 2.08. The first-order valence-corrected chi connectivity index (χ1v) is 7.56. The minimum Gasteiger partial charge on any atom is -0.497 e. The molecule has 0 unspecified atom stereocenters. The van der Waals surface area contributed by atoms with Crippen molar-refractivity contribution in [2.45, 2.75) is 6.54 Å². The number of anilines is 1. The quantitative estimate of drug-likeness (QED) is 0.770. The number of carbonyl (C=O) groups is 1. The molecule has 1 amide bonds. The van der Waals surface area contributed by atoms with Crippen LogP contribution in [0.25, 0.3) is 11.3 Å². The van der Waals surface area contributed by atoms with E-state index in [2.05, 4.69) is 15.3 Å². The van der Waals surface area contributed by atoms with Crippen LogP contribution in [0.2, 0.25) is 0 Å². The summed E-state index contributed by atoms with van der Waals surface area (Å²) < 4.78 is 6.36. The lowest BCUT2D eigenvalue weighted by atomic mass is 10.1. The number of hydrogen-bond donors (Lipinski definition) is 1. The maximum absolute atomic E-state index is 12.2. The topological polar surface area (TPSA) is 86.1 Å². The van der Waals surface area contributed by atoms with E-state index >= 15 is 0 Å². The summed E-state index contributed by atoms with van der Waals surface area (Å²) in [6.45, 7) is -0.114. The first-order chi connectivity index (χ1) is 12.2. The molecule has 1 N–H and O–H groups in total. The number of methoxy groups -OCH3 is 1. The molecule has 0 radical (unpaired) electrons. The minimum absolute atomic E-state index is 0.114. The van der Waals surface area contributed by atoms with Crippen molar-refractivity contribution in [2.24, 2.45) is 0 Å². The van der Waals surface area contributed by atoms with Gasteiger partial charge in [-0.3, -0.25) is 19.1 Å². The van der Waals surface area contributed by atoms with Gasteiger partial charge in [0, 0.05) is 29.7 Å². The van der Waals surface area contributed by atoms with Crippen molar-refractivity contribution < 1.29 is 9.53 Å². The van der Waals surface area contributed by atoms with Crippen molar-refractivity contribution in [2.75, 3.05) is 12.4 Å².